The van der Waals surface area contributed by atoms with Crippen LogP contribution in [0.1, 0.15) is 29.3 Å². The van der Waals surface area contributed by atoms with Gasteiger partial charge < -0.3 is 15.5 Å². The van der Waals surface area contributed by atoms with Gasteiger partial charge in [-0.3, -0.25) is 9.59 Å². The Hall–Kier alpha value is -1.88. The van der Waals surface area contributed by atoms with Crippen LogP contribution in [0, 0.1) is 5.41 Å². The summed E-state index contributed by atoms with van der Waals surface area (Å²) < 4.78 is 0. The number of carbonyl (C=O) groups excluding carboxylic acids is 2. The summed E-state index contributed by atoms with van der Waals surface area (Å²) in [4.78, 5) is 28.1. The van der Waals surface area contributed by atoms with Gasteiger partial charge in [-0.2, -0.15) is 0 Å². The van der Waals surface area contributed by atoms with Gasteiger partial charge in [-0.1, -0.05) is 25.1 Å². The molecule has 0 aliphatic carbocycles. The van der Waals surface area contributed by atoms with E-state index in [0.29, 0.717) is 19.6 Å². The third-order valence-electron chi connectivity index (χ3n) is 4.63. The third-order valence-corrected chi connectivity index (χ3v) is 4.63. The lowest BCUT2D eigenvalue weighted by molar-refractivity contribution is -0.131. The topological polar surface area (TPSA) is 66.6 Å². The van der Waals surface area contributed by atoms with Crippen molar-refractivity contribution in [2.24, 2.45) is 11.1 Å². The smallest absolute Gasteiger partial charge is 0.254 e. The lowest BCUT2D eigenvalue weighted by Crippen LogP contribution is -2.41. The highest BCUT2D eigenvalue weighted by atomic mass is 16.2. The monoisotopic (exact) mass is 287 g/mol. The molecule has 112 valence electrons. The van der Waals surface area contributed by atoms with Gasteiger partial charge in [-0.15, -0.1) is 0 Å². The molecule has 2 N–H and O–H groups in total. The molecule has 0 aromatic heterocycles. The van der Waals surface area contributed by atoms with Gasteiger partial charge in [0.1, 0.15) is 6.54 Å². The van der Waals surface area contributed by atoms with Gasteiger partial charge in [-0.25, -0.2) is 0 Å². The second-order valence-corrected chi connectivity index (χ2v) is 6.40. The molecule has 21 heavy (non-hydrogen) atoms. The molecule has 2 amide bonds. The highest BCUT2D eigenvalue weighted by Crippen LogP contribution is 2.29. The first-order chi connectivity index (χ1) is 10.0. The first-order valence-corrected chi connectivity index (χ1v) is 7.37. The quantitative estimate of drug-likeness (QED) is 0.896. The number of nitrogens with two attached hydrogens (primary N) is 1. The van der Waals surface area contributed by atoms with E-state index in [1.807, 2.05) is 29.2 Å². The van der Waals surface area contributed by atoms with Crippen LogP contribution in [0.15, 0.2) is 24.3 Å². The molecule has 0 saturated carbocycles. The molecule has 1 saturated heterocycles. The number of fused-ring (bicyclic) bond motifs is 1. The van der Waals surface area contributed by atoms with Crippen LogP contribution in [0.4, 0.5) is 0 Å². The SMILES string of the molecule is CC1(CN)CCN(C(=O)CN2Cc3ccccc3C2=O)C1. The number of amides is 2. The van der Waals surface area contributed by atoms with Gasteiger partial charge in [0.05, 0.1) is 0 Å². The predicted octanol–water partition coefficient (Wildman–Crippen LogP) is 0.840. The lowest BCUT2D eigenvalue weighted by atomic mass is 9.90. The van der Waals surface area contributed by atoms with Crippen LogP contribution in [0.3, 0.4) is 0 Å². The third kappa shape index (κ3) is 2.53. The van der Waals surface area contributed by atoms with E-state index in [0.717, 1.165) is 24.1 Å². The lowest BCUT2D eigenvalue weighted by Gasteiger charge is -2.24. The second-order valence-electron chi connectivity index (χ2n) is 6.40. The zero-order valence-corrected chi connectivity index (χ0v) is 12.3. The number of hydrogen-bond acceptors (Lipinski definition) is 3. The van der Waals surface area contributed by atoms with Gasteiger partial charge in [0, 0.05) is 25.2 Å². The molecule has 2 heterocycles. The van der Waals surface area contributed by atoms with Crippen LogP contribution in [0.2, 0.25) is 0 Å². The first-order valence-electron chi connectivity index (χ1n) is 7.37. The Bertz CT molecular complexity index is 587. The fraction of sp³-hybridized carbons (Fsp3) is 0.500. The van der Waals surface area contributed by atoms with Crippen molar-refractivity contribution in [1.29, 1.82) is 0 Å². The zero-order chi connectivity index (χ0) is 15.0. The summed E-state index contributed by atoms with van der Waals surface area (Å²) in [6, 6.07) is 7.54. The molecule has 1 fully saturated rings. The Morgan fingerprint density at radius 1 is 1.38 bits per heavy atom. The fourth-order valence-corrected chi connectivity index (χ4v) is 3.11. The molecule has 1 aromatic carbocycles. The van der Waals surface area contributed by atoms with Crippen LogP contribution in [-0.2, 0) is 11.3 Å². The average Bonchev–Trinajstić information content (AvgIpc) is 3.02. The van der Waals surface area contributed by atoms with Crippen LogP contribution >= 0.6 is 0 Å². The molecule has 3 rings (SSSR count). The summed E-state index contributed by atoms with van der Waals surface area (Å²) in [5.74, 6) is -0.0203. The predicted molar refractivity (Wildman–Crippen MR) is 79.5 cm³/mol. The van der Waals surface area contributed by atoms with Crippen LogP contribution < -0.4 is 5.73 Å². The highest BCUT2D eigenvalue weighted by molar-refractivity contribution is 6.00. The fourth-order valence-electron chi connectivity index (χ4n) is 3.11. The van der Waals surface area contributed by atoms with E-state index < -0.39 is 0 Å². The molecule has 1 atom stereocenters. The Morgan fingerprint density at radius 3 is 2.81 bits per heavy atom. The van der Waals surface area contributed by atoms with E-state index in [1.54, 1.807) is 4.90 Å². The molecule has 5 heteroatoms. The number of carbonyl (C=O) groups is 2. The molecular weight excluding hydrogens is 266 g/mol. The highest BCUT2D eigenvalue weighted by Gasteiger charge is 2.36. The molecule has 0 bridgehead atoms. The maximum absolute atomic E-state index is 12.4. The molecule has 1 unspecified atom stereocenters. The number of likely N-dealkylation sites (tertiary alicyclic amines) is 1. The number of hydrogen-bond donors (Lipinski definition) is 1. The van der Waals surface area contributed by atoms with Crippen molar-refractivity contribution < 1.29 is 9.59 Å². The number of nitrogens with zero attached hydrogens (tertiary/aromatic N) is 2. The van der Waals surface area contributed by atoms with E-state index in [2.05, 4.69) is 6.92 Å². The summed E-state index contributed by atoms with van der Waals surface area (Å²) in [6.45, 7) is 4.82. The van der Waals surface area contributed by atoms with Crippen molar-refractivity contribution in [2.45, 2.75) is 19.9 Å². The maximum Gasteiger partial charge on any atom is 0.254 e. The van der Waals surface area contributed by atoms with Crippen LogP contribution in [0.5, 0.6) is 0 Å². The van der Waals surface area contributed by atoms with E-state index in [1.165, 1.54) is 0 Å². The summed E-state index contributed by atoms with van der Waals surface area (Å²) in [7, 11) is 0. The molecule has 0 spiro atoms. The van der Waals surface area contributed by atoms with E-state index in [4.69, 9.17) is 5.73 Å². The summed E-state index contributed by atoms with van der Waals surface area (Å²) in [5, 5.41) is 0. The van der Waals surface area contributed by atoms with Gasteiger partial charge in [-0.05, 0) is 30.0 Å². The van der Waals surface area contributed by atoms with Crippen molar-refractivity contribution >= 4 is 11.8 Å². The minimum atomic E-state index is -0.0419. The van der Waals surface area contributed by atoms with Crippen molar-refractivity contribution in [2.75, 3.05) is 26.2 Å². The molecule has 2 aliphatic heterocycles. The summed E-state index contributed by atoms with van der Waals surface area (Å²) >= 11 is 0. The van der Waals surface area contributed by atoms with E-state index >= 15 is 0 Å². The summed E-state index contributed by atoms with van der Waals surface area (Å²) in [5.41, 5.74) is 7.52. The molecule has 1 aromatic rings. The zero-order valence-electron chi connectivity index (χ0n) is 12.3. The molecule has 5 nitrogen and oxygen atoms in total. The standard InChI is InChI=1S/C16H21N3O2/c1-16(10-17)6-7-18(11-16)14(20)9-19-8-12-4-2-3-5-13(12)15(19)21/h2-5H,6-11,17H2,1H3. The average molecular weight is 287 g/mol. The Morgan fingerprint density at radius 2 is 2.14 bits per heavy atom. The number of rotatable bonds is 3. The van der Waals surface area contributed by atoms with Crippen LogP contribution in [0.25, 0.3) is 0 Å². The Kier molecular flexibility index (Phi) is 3.45. The number of benzene rings is 1. The molecular formula is C16H21N3O2. The Balaban J connectivity index is 1.64. The molecule has 0 radical (unpaired) electrons. The van der Waals surface area contributed by atoms with Crippen molar-refractivity contribution in [3.63, 3.8) is 0 Å². The van der Waals surface area contributed by atoms with Gasteiger partial charge in [0.15, 0.2) is 0 Å². The van der Waals surface area contributed by atoms with Crippen molar-refractivity contribution in [1.82, 2.24) is 9.80 Å². The first kappa shape index (κ1) is 14.1. The summed E-state index contributed by atoms with van der Waals surface area (Å²) in [6.07, 6.45) is 0.934. The Labute approximate surface area is 124 Å². The van der Waals surface area contributed by atoms with Gasteiger partial charge >= 0.3 is 0 Å². The minimum Gasteiger partial charge on any atom is -0.341 e. The van der Waals surface area contributed by atoms with Crippen molar-refractivity contribution in [3.05, 3.63) is 35.4 Å². The van der Waals surface area contributed by atoms with Gasteiger partial charge in [0.25, 0.3) is 5.91 Å². The minimum absolute atomic E-state index is 0.0215. The van der Waals surface area contributed by atoms with Crippen molar-refractivity contribution in [3.8, 4) is 0 Å². The van der Waals surface area contributed by atoms with Gasteiger partial charge in [0.2, 0.25) is 5.91 Å². The largest absolute Gasteiger partial charge is 0.341 e. The van der Waals surface area contributed by atoms with Crippen LogP contribution in [-0.4, -0.2) is 47.8 Å². The molecule has 2 aliphatic rings. The normalized spacial score (nSPS) is 24.6. The van der Waals surface area contributed by atoms with E-state index in [9.17, 15) is 9.59 Å². The maximum atomic E-state index is 12.4. The second kappa shape index (κ2) is 5.15. The van der Waals surface area contributed by atoms with E-state index in [-0.39, 0.29) is 23.8 Å².